The van der Waals surface area contributed by atoms with E-state index in [1.807, 2.05) is 32.0 Å². The van der Waals surface area contributed by atoms with E-state index in [4.69, 9.17) is 4.42 Å². The lowest BCUT2D eigenvalue weighted by molar-refractivity contribution is 0.0934. The third-order valence-electron chi connectivity index (χ3n) is 3.03. The van der Waals surface area contributed by atoms with E-state index < -0.39 is 0 Å². The fourth-order valence-electron chi connectivity index (χ4n) is 1.67. The largest absolute Gasteiger partial charge is 0.467 e. The molecule has 1 atom stereocenters. The van der Waals surface area contributed by atoms with Crippen LogP contribution in [0.5, 0.6) is 0 Å². The van der Waals surface area contributed by atoms with Gasteiger partial charge in [0.1, 0.15) is 11.5 Å². The van der Waals surface area contributed by atoms with Crippen molar-refractivity contribution in [3.63, 3.8) is 0 Å². The second kappa shape index (κ2) is 6.75. The highest BCUT2D eigenvalue weighted by atomic mass is 16.3. The van der Waals surface area contributed by atoms with Gasteiger partial charge in [0.25, 0.3) is 5.91 Å². The van der Waals surface area contributed by atoms with Gasteiger partial charge in [-0.2, -0.15) is 0 Å². The number of amides is 1. The molecule has 0 aliphatic heterocycles. The fourth-order valence-corrected chi connectivity index (χ4v) is 1.67. The van der Waals surface area contributed by atoms with Crippen molar-refractivity contribution < 1.29 is 9.21 Å². The molecule has 1 unspecified atom stereocenters. The lowest BCUT2D eigenvalue weighted by Gasteiger charge is -2.11. The summed E-state index contributed by atoms with van der Waals surface area (Å²) in [5.41, 5.74) is 1.25. The van der Waals surface area contributed by atoms with Crippen LogP contribution in [0.25, 0.3) is 0 Å². The molecule has 0 spiro atoms. The van der Waals surface area contributed by atoms with Crippen molar-refractivity contribution in [2.75, 3.05) is 5.32 Å². The zero-order valence-corrected chi connectivity index (χ0v) is 11.7. The standard InChI is InChI=1S/C15H19N3O2/c1-3-11(2)18-15(19)14-9-12(6-7-16-14)17-10-13-5-4-8-20-13/h4-9,11H,3,10H2,1-2H3,(H,16,17)(H,18,19). The molecule has 0 radical (unpaired) electrons. The maximum atomic E-state index is 12.0. The second-order valence-electron chi connectivity index (χ2n) is 4.65. The minimum Gasteiger partial charge on any atom is -0.467 e. The minimum atomic E-state index is -0.152. The van der Waals surface area contributed by atoms with E-state index in [1.54, 1.807) is 18.5 Å². The monoisotopic (exact) mass is 273 g/mol. The number of carbonyl (C=O) groups excluding carboxylic acids is 1. The lowest BCUT2D eigenvalue weighted by atomic mass is 10.2. The number of nitrogens with zero attached hydrogens (tertiary/aromatic N) is 1. The Balaban J connectivity index is 1.98. The molecule has 5 heteroatoms. The van der Waals surface area contributed by atoms with E-state index in [1.165, 1.54) is 0 Å². The van der Waals surface area contributed by atoms with Crippen LogP contribution >= 0.6 is 0 Å². The Labute approximate surface area is 118 Å². The number of rotatable bonds is 6. The molecule has 5 nitrogen and oxygen atoms in total. The maximum absolute atomic E-state index is 12.0. The van der Waals surface area contributed by atoms with Crippen LogP contribution in [0.1, 0.15) is 36.5 Å². The van der Waals surface area contributed by atoms with Crippen LogP contribution in [-0.4, -0.2) is 16.9 Å². The summed E-state index contributed by atoms with van der Waals surface area (Å²) in [6, 6.07) is 7.44. The maximum Gasteiger partial charge on any atom is 0.270 e. The molecule has 0 saturated heterocycles. The van der Waals surface area contributed by atoms with Crippen LogP contribution in [0.15, 0.2) is 41.1 Å². The Bertz CT molecular complexity index is 552. The van der Waals surface area contributed by atoms with Crippen molar-refractivity contribution in [1.29, 1.82) is 0 Å². The molecule has 106 valence electrons. The SMILES string of the molecule is CCC(C)NC(=O)c1cc(NCc2ccco2)ccn1. The molecule has 0 aliphatic carbocycles. The average Bonchev–Trinajstić information content (AvgIpc) is 2.98. The number of furan rings is 1. The summed E-state index contributed by atoms with van der Waals surface area (Å²) < 4.78 is 5.24. The summed E-state index contributed by atoms with van der Waals surface area (Å²) in [7, 11) is 0. The van der Waals surface area contributed by atoms with Gasteiger partial charge < -0.3 is 15.1 Å². The molecule has 2 aromatic rings. The second-order valence-corrected chi connectivity index (χ2v) is 4.65. The quantitative estimate of drug-likeness (QED) is 0.849. The van der Waals surface area contributed by atoms with Gasteiger partial charge in [-0.1, -0.05) is 6.92 Å². The first-order chi connectivity index (χ1) is 9.69. The first-order valence-electron chi connectivity index (χ1n) is 6.72. The summed E-state index contributed by atoms with van der Waals surface area (Å²) in [5.74, 6) is 0.688. The molecule has 0 aromatic carbocycles. The summed E-state index contributed by atoms with van der Waals surface area (Å²) in [6.45, 7) is 4.57. The molecular weight excluding hydrogens is 254 g/mol. The number of pyridine rings is 1. The highest BCUT2D eigenvalue weighted by molar-refractivity contribution is 5.93. The van der Waals surface area contributed by atoms with Crippen LogP contribution in [0.3, 0.4) is 0 Å². The van der Waals surface area contributed by atoms with E-state index in [9.17, 15) is 4.79 Å². The van der Waals surface area contributed by atoms with Crippen molar-refractivity contribution in [1.82, 2.24) is 10.3 Å². The molecule has 0 saturated carbocycles. The Morgan fingerprint density at radius 3 is 3.00 bits per heavy atom. The van der Waals surface area contributed by atoms with Gasteiger partial charge in [-0.05, 0) is 37.6 Å². The summed E-state index contributed by atoms with van der Waals surface area (Å²) in [6.07, 6.45) is 4.15. The van der Waals surface area contributed by atoms with E-state index in [0.717, 1.165) is 17.9 Å². The topological polar surface area (TPSA) is 67.2 Å². The van der Waals surface area contributed by atoms with E-state index in [-0.39, 0.29) is 11.9 Å². The number of aromatic nitrogens is 1. The van der Waals surface area contributed by atoms with Crippen molar-refractivity contribution >= 4 is 11.6 Å². The molecule has 2 rings (SSSR count). The van der Waals surface area contributed by atoms with Crippen LogP contribution in [0, 0.1) is 0 Å². The summed E-state index contributed by atoms with van der Waals surface area (Å²) in [5, 5.41) is 6.09. The first kappa shape index (κ1) is 14.1. The third-order valence-corrected chi connectivity index (χ3v) is 3.03. The summed E-state index contributed by atoms with van der Waals surface area (Å²) >= 11 is 0. The number of carbonyl (C=O) groups is 1. The predicted molar refractivity (Wildman–Crippen MR) is 77.5 cm³/mol. The van der Waals surface area contributed by atoms with Gasteiger partial charge in [0.15, 0.2) is 0 Å². The zero-order valence-electron chi connectivity index (χ0n) is 11.7. The minimum absolute atomic E-state index is 0.143. The average molecular weight is 273 g/mol. The van der Waals surface area contributed by atoms with Crippen molar-refractivity contribution in [2.24, 2.45) is 0 Å². The zero-order chi connectivity index (χ0) is 14.4. The van der Waals surface area contributed by atoms with Crippen LogP contribution in [0.2, 0.25) is 0 Å². The van der Waals surface area contributed by atoms with Gasteiger partial charge in [-0.25, -0.2) is 0 Å². The van der Waals surface area contributed by atoms with E-state index in [2.05, 4.69) is 15.6 Å². The van der Waals surface area contributed by atoms with Gasteiger partial charge in [0.05, 0.1) is 12.8 Å². The third kappa shape index (κ3) is 3.85. The summed E-state index contributed by atoms with van der Waals surface area (Å²) in [4.78, 5) is 16.1. The van der Waals surface area contributed by atoms with Crippen molar-refractivity contribution in [2.45, 2.75) is 32.9 Å². The Morgan fingerprint density at radius 2 is 2.30 bits per heavy atom. The molecule has 2 heterocycles. The number of hydrogen-bond acceptors (Lipinski definition) is 4. The van der Waals surface area contributed by atoms with Crippen molar-refractivity contribution in [3.8, 4) is 0 Å². The molecule has 2 N–H and O–H groups in total. The van der Waals surface area contributed by atoms with Crippen LogP contribution < -0.4 is 10.6 Å². The molecule has 0 fully saturated rings. The van der Waals surface area contributed by atoms with E-state index >= 15 is 0 Å². The van der Waals surface area contributed by atoms with Gasteiger partial charge in [0.2, 0.25) is 0 Å². The highest BCUT2D eigenvalue weighted by Gasteiger charge is 2.10. The molecule has 0 bridgehead atoms. The highest BCUT2D eigenvalue weighted by Crippen LogP contribution is 2.11. The molecule has 2 aromatic heterocycles. The number of anilines is 1. The molecule has 1 amide bonds. The number of nitrogens with one attached hydrogen (secondary N) is 2. The molecular formula is C15H19N3O2. The smallest absolute Gasteiger partial charge is 0.270 e. The van der Waals surface area contributed by atoms with Crippen molar-refractivity contribution in [3.05, 3.63) is 48.2 Å². The molecule has 20 heavy (non-hydrogen) atoms. The van der Waals surface area contributed by atoms with Crippen LogP contribution in [-0.2, 0) is 6.54 Å². The Kier molecular flexibility index (Phi) is 4.76. The van der Waals surface area contributed by atoms with Gasteiger partial charge in [-0.3, -0.25) is 9.78 Å². The Hall–Kier alpha value is -2.30. The van der Waals surface area contributed by atoms with Gasteiger partial charge in [0, 0.05) is 17.9 Å². The van der Waals surface area contributed by atoms with E-state index in [0.29, 0.717) is 12.2 Å². The van der Waals surface area contributed by atoms with Gasteiger partial charge >= 0.3 is 0 Å². The number of hydrogen-bond donors (Lipinski definition) is 2. The normalized spacial score (nSPS) is 11.9. The molecule has 0 aliphatic rings. The van der Waals surface area contributed by atoms with Gasteiger partial charge in [-0.15, -0.1) is 0 Å². The predicted octanol–water partition coefficient (Wildman–Crippen LogP) is 2.82. The Morgan fingerprint density at radius 1 is 1.45 bits per heavy atom. The first-order valence-corrected chi connectivity index (χ1v) is 6.72. The van der Waals surface area contributed by atoms with Crippen LogP contribution in [0.4, 0.5) is 5.69 Å². The lowest BCUT2D eigenvalue weighted by Crippen LogP contribution is -2.32. The fraction of sp³-hybridized carbons (Fsp3) is 0.333.